The van der Waals surface area contributed by atoms with Crippen molar-refractivity contribution >= 4 is 63.8 Å². The number of para-hydroxylation sites is 1. The number of amides is 1. The molecule has 0 aliphatic heterocycles. The summed E-state index contributed by atoms with van der Waals surface area (Å²) in [7, 11) is 0. The van der Waals surface area contributed by atoms with Crippen LogP contribution in [0, 0.1) is 11.3 Å². The van der Waals surface area contributed by atoms with E-state index in [4.69, 9.17) is 40.1 Å². The lowest BCUT2D eigenvalue weighted by Gasteiger charge is -2.08. The SMILES string of the molecule is N#C/C(=C\c1ccc(Cl)s1)C(=O)Nc1c(Cl)cccc1Cl. The van der Waals surface area contributed by atoms with Crippen LogP contribution in [0.2, 0.25) is 14.4 Å². The van der Waals surface area contributed by atoms with Crippen molar-refractivity contribution in [2.75, 3.05) is 5.32 Å². The highest BCUT2D eigenvalue weighted by molar-refractivity contribution is 7.17. The second-order valence-corrected chi connectivity index (χ2v) is 6.42. The maximum atomic E-state index is 12.1. The van der Waals surface area contributed by atoms with Crippen molar-refractivity contribution in [2.24, 2.45) is 0 Å². The van der Waals surface area contributed by atoms with Crippen molar-refractivity contribution in [3.05, 3.63) is 55.2 Å². The summed E-state index contributed by atoms with van der Waals surface area (Å²) in [5, 5.41) is 12.2. The van der Waals surface area contributed by atoms with Gasteiger partial charge in [-0.05, 0) is 30.3 Å². The number of carbonyl (C=O) groups excluding carboxylic acids is 1. The van der Waals surface area contributed by atoms with Crippen molar-refractivity contribution < 1.29 is 4.79 Å². The van der Waals surface area contributed by atoms with E-state index in [0.29, 0.717) is 19.3 Å². The van der Waals surface area contributed by atoms with Gasteiger partial charge in [-0.25, -0.2) is 0 Å². The van der Waals surface area contributed by atoms with Gasteiger partial charge in [0, 0.05) is 4.88 Å². The van der Waals surface area contributed by atoms with Gasteiger partial charge in [0.15, 0.2) is 0 Å². The van der Waals surface area contributed by atoms with Gasteiger partial charge in [0.25, 0.3) is 5.91 Å². The first-order valence-corrected chi connectivity index (χ1v) is 7.59. The maximum Gasteiger partial charge on any atom is 0.266 e. The van der Waals surface area contributed by atoms with Crippen LogP contribution in [0.4, 0.5) is 5.69 Å². The second kappa shape index (κ2) is 6.97. The summed E-state index contributed by atoms with van der Waals surface area (Å²) >= 11 is 19.0. The summed E-state index contributed by atoms with van der Waals surface area (Å²) in [5.41, 5.74) is 0.209. The van der Waals surface area contributed by atoms with E-state index in [-0.39, 0.29) is 11.3 Å². The van der Waals surface area contributed by atoms with E-state index in [9.17, 15) is 4.79 Å². The zero-order chi connectivity index (χ0) is 15.4. The Morgan fingerprint density at radius 2 is 1.86 bits per heavy atom. The highest BCUT2D eigenvalue weighted by Gasteiger charge is 2.14. The first-order chi connectivity index (χ1) is 10.0. The summed E-state index contributed by atoms with van der Waals surface area (Å²) in [4.78, 5) is 12.8. The fraction of sp³-hybridized carbons (Fsp3) is 0. The lowest BCUT2D eigenvalue weighted by Crippen LogP contribution is -2.14. The summed E-state index contributed by atoms with van der Waals surface area (Å²) < 4.78 is 0.577. The van der Waals surface area contributed by atoms with Gasteiger partial charge >= 0.3 is 0 Å². The van der Waals surface area contributed by atoms with Crippen LogP contribution >= 0.6 is 46.1 Å². The summed E-state index contributed by atoms with van der Waals surface area (Å²) in [6.07, 6.45) is 1.45. The molecule has 7 heteroatoms. The molecule has 1 amide bonds. The Labute approximate surface area is 140 Å². The van der Waals surface area contributed by atoms with E-state index < -0.39 is 5.91 Å². The Morgan fingerprint density at radius 1 is 1.19 bits per heavy atom. The molecule has 0 radical (unpaired) electrons. The minimum absolute atomic E-state index is 0.0653. The topological polar surface area (TPSA) is 52.9 Å². The molecule has 1 heterocycles. The van der Waals surface area contributed by atoms with Gasteiger partial charge in [-0.1, -0.05) is 40.9 Å². The smallest absolute Gasteiger partial charge is 0.266 e. The van der Waals surface area contributed by atoms with E-state index in [2.05, 4.69) is 5.32 Å². The number of carbonyl (C=O) groups is 1. The number of hydrogen-bond acceptors (Lipinski definition) is 3. The molecule has 0 aliphatic carbocycles. The minimum atomic E-state index is -0.586. The van der Waals surface area contributed by atoms with Crippen molar-refractivity contribution in [2.45, 2.75) is 0 Å². The van der Waals surface area contributed by atoms with Crippen LogP contribution in [0.5, 0.6) is 0 Å². The van der Waals surface area contributed by atoms with Gasteiger partial charge in [0.1, 0.15) is 11.6 Å². The number of anilines is 1. The zero-order valence-electron chi connectivity index (χ0n) is 10.4. The predicted octanol–water partition coefficient (Wildman–Crippen LogP) is 5.25. The first kappa shape index (κ1) is 15.9. The normalized spacial score (nSPS) is 11.0. The van der Waals surface area contributed by atoms with Crippen molar-refractivity contribution in [1.82, 2.24) is 0 Å². The number of rotatable bonds is 3. The molecule has 1 aromatic carbocycles. The lowest BCUT2D eigenvalue weighted by molar-refractivity contribution is -0.112. The van der Waals surface area contributed by atoms with Gasteiger partial charge < -0.3 is 5.32 Å². The van der Waals surface area contributed by atoms with Crippen LogP contribution in [-0.2, 0) is 4.79 Å². The van der Waals surface area contributed by atoms with Gasteiger partial charge in [0.05, 0.1) is 20.1 Å². The molecule has 21 heavy (non-hydrogen) atoms. The van der Waals surface area contributed by atoms with Crippen molar-refractivity contribution in [3.63, 3.8) is 0 Å². The zero-order valence-corrected chi connectivity index (χ0v) is 13.4. The lowest BCUT2D eigenvalue weighted by atomic mass is 10.2. The van der Waals surface area contributed by atoms with E-state index in [1.54, 1.807) is 30.3 Å². The molecule has 0 bridgehead atoms. The largest absolute Gasteiger partial charge is 0.319 e. The van der Waals surface area contributed by atoms with Crippen LogP contribution < -0.4 is 5.32 Å². The van der Waals surface area contributed by atoms with Crippen LogP contribution in [-0.4, -0.2) is 5.91 Å². The molecule has 0 saturated carbocycles. The van der Waals surface area contributed by atoms with E-state index in [1.165, 1.54) is 17.4 Å². The van der Waals surface area contributed by atoms with Crippen LogP contribution in [0.1, 0.15) is 4.88 Å². The number of benzene rings is 1. The number of nitriles is 1. The molecule has 2 rings (SSSR count). The molecule has 0 spiro atoms. The van der Waals surface area contributed by atoms with Gasteiger partial charge in [-0.3, -0.25) is 4.79 Å². The number of thiophene rings is 1. The monoisotopic (exact) mass is 356 g/mol. The van der Waals surface area contributed by atoms with Gasteiger partial charge in [0.2, 0.25) is 0 Å². The molecular formula is C14H7Cl3N2OS. The molecule has 1 aromatic heterocycles. The molecule has 0 saturated heterocycles. The van der Waals surface area contributed by atoms with E-state index in [0.717, 1.165) is 0 Å². The average Bonchev–Trinajstić information content (AvgIpc) is 2.85. The fourth-order valence-corrected chi connectivity index (χ4v) is 2.99. The number of hydrogen-bond donors (Lipinski definition) is 1. The fourth-order valence-electron chi connectivity index (χ4n) is 1.49. The summed E-state index contributed by atoms with van der Waals surface area (Å²) in [6, 6.07) is 10.1. The standard InChI is InChI=1S/C14H7Cl3N2OS/c15-10-2-1-3-11(16)13(10)19-14(20)8(7-18)6-9-4-5-12(17)21-9/h1-6H,(H,19,20)/b8-6+. The van der Waals surface area contributed by atoms with Gasteiger partial charge in [-0.2, -0.15) is 5.26 Å². The molecule has 1 N–H and O–H groups in total. The third-order valence-corrected chi connectivity index (χ3v) is 4.26. The number of nitrogens with one attached hydrogen (secondary N) is 1. The Balaban J connectivity index is 2.26. The maximum absolute atomic E-state index is 12.1. The summed E-state index contributed by atoms with van der Waals surface area (Å²) in [6.45, 7) is 0. The molecule has 2 aromatic rings. The van der Waals surface area contributed by atoms with Gasteiger partial charge in [-0.15, -0.1) is 11.3 Å². The van der Waals surface area contributed by atoms with Crippen molar-refractivity contribution in [1.29, 1.82) is 5.26 Å². The molecule has 0 unspecified atom stereocenters. The van der Waals surface area contributed by atoms with Crippen LogP contribution in [0.25, 0.3) is 6.08 Å². The number of nitrogens with zero attached hydrogens (tertiary/aromatic N) is 1. The molecule has 3 nitrogen and oxygen atoms in total. The Morgan fingerprint density at radius 3 is 2.38 bits per heavy atom. The Bertz CT molecular complexity index is 742. The highest BCUT2D eigenvalue weighted by Crippen LogP contribution is 2.30. The molecule has 106 valence electrons. The second-order valence-electron chi connectivity index (χ2n) is 3.86. The van der Waals surface area contributed by atoms with Crippen molar-refractivity contribution in [3.8, 4) is 6.07 Å². The minimum Gasteiger partial charge on any atom is -0.319 e. The van der Waals surface area contributed by atoms with E-state index >= 15 is 0 Å². The predicted molar refractivity (Wildman–Crippen MR) is 88.0 cm³/mol. The summed E-state index contributed by atoms with van der Waals surface area (Å²) in [5.74, 6) is -0.586. The quantitative estimate of drug-likeness (QED) is 0.602. The Hall–Kier alpha value is -1.51. The third-order valence-electron chi connectivity index (χ3n) is 2.45. The molecule has 0 aliphatic rings. The highest BCUT2D eigenvalue weighted by atomic mass is 35.5. The molecule has 0 fully saturated rings. The van der Waals surface area contributed by atoms with Crippen LogP contribution in [0.15, 0.2) is 35.9 Å². The third kappa shape index (κ3) is 3.99. The van der Waals surface area contributed by atoms with E-state index in [1.807, 2.05) is 6.07 Å². The average molecular weight is 358 g/mol. The first-order valence-electron chi connectivity index (χ1n) is 5.63. The molecular weight excluding hydrogens is 351 g/mol. The number of halogens is 3. The van der Waals surface area contributed by atoms with Crippen LogP contribution in [0.3, 0.4) is 0 Å². The Kier molecular flexibility index (Phi) is 5.27. The molecule has 0 atom stereocenters.